The van der Waals surface area contributed by atoms with E-state index in [0.29, 0.717) is 5.17 Å². The molecule has 0 aliphatic carbocycles. The van der Waals surface area contributed by atoms with Crippen LogP contribution < -0.4 is 5.84 Å². The molecule has 0 aromatic carbocycles. The van der Waals surface area contributed by atoms with Crippen LogP contribution in [0.3, 0.4) is 0 Å². The molecule has 54 valence electrons. The molecule has 0 saturated heterocycles. The number of thioether (sulfide) groups is 1. The number of nitrogens with two attached hydrogens (primary N) is 1. The molecule has 0 atom stereocenters. The second kappa shape index (κ2) is 5.87. The van der Waals surface area contributed by atoms with Crippen LogP contribution in [0.5, 0.6) is 0 Å². The van der Waals surface area contributed by atoms with Crippen LogP contribution in [0.1, 0.15) is 0 Å². The first kappa shape index (κ1) is 11.5. The number of hydrogen-bond acceptors (Lipinski definition) is 3. The molecule has 0 unspecified atom stereocenters. The molecule has 1 aliphatic heterocycles. The lowest BCUT2D eigenvalue weighted by atomic mass is 10.9. The van der Waals surface area contributed by atoms with E-state index in [-0.39, 0.29) is 17.9 Å². The summed E-state index contributed by atoms with van der Waals surface area (Å²) in [5.41, 5.74) is 0. The van der Waals surface area contributed by atoms with E-state index in [2.05, 4.69) is 10.1 Å². The monoisotopic (exact) mass is 169 g/mol. The summed E-state index contributed by atoms with van der Waals surface area (Å²) >= 11 is 1.55. The Morgan fingerprint density at radius 3 is 2.67 bits per heavy atom. The smallest absolute Gasteiger partial charge is 0.206 e. The van der Waals surface area contributed by atoms with Gasteiger partial charge in [-0.05, 0) is 0 Å². The molecule has 6 heteroatoms. The molecule has 4 nitrogen and oxygen atoms in total. The lowest BCUT2D eigenvalue weighted by Crippen LogP contribution is -1.87. The van der Waals surface area contributed by atoms with Crippen LogP contribution in [0.25, 0.3) is 0 Å². The average Bonchev–Trinajstić information content (AvgIpc) is 2.14. The fraction of sp³-hybridized carbons (Fsp3) is 0.333. The van der Waals surface area contributed by atoms with Crippen LogP contribution in [0.4, 0.5) is 0 Å². The van der Waals surface area contributed by atoms with Gasteiger partial charge in [0.1, 0.15) is 0 Å². The molecule has 0 aromatic rings. The normalized spacial score (nSPS) is 18.9. The fourth-order valence-corrected chi connectivity index (χ4v) is 0.857. The molecule has 1 aliphatic rings. The zero-order valence-corrected chi connectivity index (χ0v) is 6.21. The Morgan fingerprint density at radius 2 is 2.44 bits per heavy atom. The lowest BCUT2D eigenvalue weighted by Gasteiger charge is -1.80. The molecular formula is C3H8ClN3OS. The summed E-state index contributed by atoms with van der Waals surface area (Å²) in [7, 11) is 0. The molecule has 1 rings (SSSR count). The van der Waals surface area contributed by atoms with Crippen molar-refractivity contribution in [1.29, 1.82) is 0 Å². The molecule has 0 radical (unpaired) electrons. The minimum Gasteiger partial charge on any atom is -0.412 e. The van der Waals surface area contributed by atoms with E-state index < -0.39 is 0 Å². The van der Waals surface area contributed by atoms with Crippen LogP contribution >= 0.6 is 24.2 Å². The maximum atomic E-state index is 4.89. The number of hydrogen-bond donors (Lipinski definition) is 1. The van der Waals surface area contributed by atoms with Gasteiger partial charge in [0.2, 0.25) is 5.17 Å². The molecule has 1 heterocycles. The molecule has 0 spiro atoms. The molecule has 0 aromatic heterocycles. The third kappa shape index (κ3) is 3.34. The summed E-state index contributed by atoms with van der Waals surface area (Å²) in [5.74, 6) is 5.80. The average molecular weight is 170 g/mol. The summed E-state index contributed by atoms with van der Waals surface area (Å²) in [4.78, 5) is 3.82. The number of hydrazone groups is 1. The standard InChI is InChI=1S/C3H5N3S.ClH.H2O/c4-6-3-5-1-2-7-3;;/h1H,2,4H2;1H;1H2. The van der Waals surface area contributed by atoms with E-state index >= 15 is 0 Å². The van der Waals surface area contributed by atoms with Crippen molar-refractivity contribution in [2.24, 2.45) is 15.9 Å². The number of nitrogens with zero attached hydrogens (tertiary/aromatic N) is 2. The van der Waals surface area contributed by atoms with E-state index in [1.54, 1.807) is 18.0 Å². The number of amidine groups is 1. The second-order valence-electron chi connectivity index (χ2n) is 1.03. The Morgan fingerprint density at radius 1 is 1.78 bits per heavy atom. The first-order valence-electron chi connectivity index (χ1n) is 1.86. The van der Waals surface area contributed by atoms with Gasteiger partial charge in [0.05, 0.1) is 0 Å². The van der Waals surface area contributed by atoms with Crippen LogP contribution in [-0.2, 0) is 0 Å². The number of rotatable bonds is 0. The zero-order valence-electron chi connectivity index (χ0n) is 4.57. The predicted octanol–water partition coefficient (Wildman–Crippen LogP) is -0.369. The molecular weight excluding hydrogens is 162 g/mol. The van der Waals surface area contributed by atoms with Crippen LogP contribution in [0.2, 0.25) is 0 Å². The highest BCUT2D eigenvalue weighted by molar-refractivity contribution is 8.14. The van der Waals surface area contributed by atoms with Gasteiger partial charge in [-0.15, -0.1) is 12.4 Å². The highest BCUT2D eigenvalue weighted by Crippen LogP contribution is 2.07. The van der Waals surface area contributed by atoms with Gasteiger partial charge in [-0.25, -0.2) is 4.99 Å². The SMILES string of the molecule is Cl.NN=C1N=CCS1.O. The van der Waals surface area contributed by atoms with Crippen molar-refractivity contribution in [3.05, 3.63) is 0 Å². The van der Waals surface area contributed by atoms with Crippen molar-refractivity contribution < 1.29 is 5.48 Å². The second-order valence-corrected chi connectivity index (χ2v) is 2.02. The van der Waals surface area contributed by atoms with Crippen molar-refractivity contribution in [3.63, 3.8) is 0 Å². The summed E-state index contributed by atoms with van der Waals surface area (Å²) in [6.45, 7) is 0. The van der Waals surface area contributed by atoms with Crippen LogP contribution in [0.15, 0.2) is 10.1 Å². The van der Waals surface area contributed by atoms with Gasteiger partial charge in [0.25, 0.3) is 0 Å². The molecule has 0 fully saturated rings. The maximum Gasteiger partial charge on any atom is 0.206 e. The van der Waals surface area contributed by atoms with Gasteiger partial charge in [-0.2, -0.15) is 5.10 Å². The van der Waals surface area contributed by atoms with E-state index in [9.17, 15) is 0 Å². The molecule has 0 amide bonds. The third-order valence-electron chi connectivity index (χ3n) is 0.599. The van der Waals surface area contributed by atoms with E-state index in [4.69, 9.17) is 5.84 Å². The predicted molar refractivity (Wildman–Crippen MR) is 43.4 cm³/mol. The summed E-state index contributed by atoms with van der Waals surface area (Å²) in [5, 5.41) is 4.05. The van der Waals surface area contributed by atoms with Crippen molar-refractivity contribution in [1.82, 2.24) is 0 Å². The molecule has 0 bridgehead atoms. The minimum atomic E-state index is 0. The summed E-state index contributed by atoms with van der Waals surface area (Å²) in [6.07, 6.45) is 1.79. The van der Waals surface area contributed by atoms with Crippen molar-refractivity contribution >= 4 is 35.6 Å². The van der Waals surface area contributed by atoms with E-state index in [1.807, 2.05) is 0 Å². The molecule has 4 N–H and O–H groups in total. The molecule has 9 heavy (non-hydrogen) atoms. The van der Waals surface area contributed by atoms with Crippen molar-refractivity contribution in [2.75, 3.05) is 5.75 Å². The third-order valence-corrected chi connectivity index (χ3v) is 1.38. The number of aliphatic imine (C=N–C) groups is 1. The first-order chi connectivity index (χ1) is 3.43. The quantitative estimate of drug-likeness (QED) is 0.397. The van der Waals surface area contributed by atoms with Gasteiger partial charge in [-0.3, -0.25) is 0 Å². The Labute approximate surface area is 63.3 Å². The van der Waals surface area contributed by atoms with E-state index in [1.165, 1.54) is 0 Å². The lowest BCUT2D eigenvalue weighted by molar-refractivity contribution is 0.824. The van der Waals surface area contributed by atoms with Gasteiger partial charge in [0, 0.05) is 12.0 Å². The Balaban J connectivity index is 0. The van der Waals surface area contributed by atoms with Gasteiger partial charge in [0.15, 0.2) is 0 Å². The minimum absolute atomic E-state index is 0. The highest BCUT2D eigenvalue weighted by atomic mass is 35.5. The topological polar surface area (TPSA) is 82.2 Å². The molecule has 0 saturated carbocycles. The van der Waals surface area contributed by atoms with Gasteiger partial charge < -0.3 is 11.3 Å². The first-order valence-corrected chi connectivity index (χ1v) is 2.85. The fourth-order valence-electron chi connectivity index (χ4n) is 0.335. The van der Waals surface area contributed by atoms with Gasteiger partial charge >= 0.3 is 0 Å². The zero-order chi connectivity index (χ0) is 5.11. The van der Waals surface area contributed by atoms with Crippen molar-refractivity contribution in [3.8, 4) is 0 Å². The summed E-state index contributed by atoms with van der Waals surface area (Å²) < 4.78 is 0. The largest absolute Gasteiger partial charge is 0.412 e. The Bertz CT molecular complexity index is 123. The Hall–Kier alpha value is -0.260. The van der Waals surface area contributed by atoms with Crippen LogP contribution in [0, 0.1) is 0 Å². The highest BCUT2D eigenvalue weighted by Gasteiger charge is 1.99. The maximum absolute atomic E-state index is 4.89. The summed E-state index contributed by atoms with van der Waals surface area (Å²) in [6, 6.07) is 0. The van der Waals surface area contributed by atoms with E-state index in [0.717, 1.165) is 5.75 Å². The van der Waals surface area contributed by atoms with Gasteiger partial charge in [-0.1, -0.05) is 11.8 Å². The number of halogens is 1. The van der Waals surface area contributed by atoms with Crippen LogP contribution in [-0.4, -0.2) is 22.6 Å². The van der Waals surface area contributed by atoms with Crippen molar-refractivity contribution in [2.45, 2.75) is 0 Å². The Kier molecular flexibility index (Phi) is 7.52.